The maximum atomic E-state index is 11.4. The van der Waals surface area contributed by atoms with Crippen molar-refractivity contribution in [1.29, 1.82) is 0 Å². The molecule has 8 nitrogen and oxygen atoms in total. The van der Waals surface area contributed by atoms with E-state index in [1.807, 2.05) is 13.8 Å². The second-order valence-electron chi connectivity index (χ2n) is 5.38. The second kappa shape index (κ2) is 11.4. The van der Waals surface area contributed by atoms with Crippen molar-refractivity contribution in [2.45, 2.75) is 64.0 Å². The Hall–Kier alpha value is -1.16. The molecule has 3 unspecified atom stereocenters. The highest BCUT2D eigenvalue weighted by Crippen LogP contribution is 2.06. The first-order valence-electron chi connectivity index (χ1n) is 7.70. The number of aliphatic carboxylic acids is 1. The third-order valence-electron chi connectivity index (χ3n) is 3.37. The molecule has 3 atom stereocenters. The van der Waals surface area contributed by atoms with E-state index in [4.69, 9.17) is 20.9 Å². The number of carbonyl (C=O) groups excluding carboxylic acids is 1. The predicted octanol–water partition coefficient (Wildman–Crippen LogP) is -1.09. The lowest BCUT2D eigenvalue weighted by Gasteiger charge is -2.14. The number of unbranched alkanes of at least 4 members (excludes halogenated alkanes) is 1. The van der Waals surface area contributed by atoms with Crippen molar-refractivity contribution >= 4 is 19.0 Å². The molecule has 1 heterocycles. The largest absolute Gasteiger partial charge is 0.480 e. The number of amides is 1. The summed E-state index contributed by atoms with van der Waals surface area (Å²) in [6, 6.07) is -1.20. The minimum Gasteiger partial charge on any atom is -0.480 e. The van der Waals surface area contributed by atoms with Crippen LogP contribution in [0.3, 0.4) is 0 Å². The summed E-state index contributed by atoms with van der Waals surface area (Å²) in [6.45, 7) is 4.33. The van der Waals surface area contributed by atoms with Crippen LogP contribution in [-0.2, 0) is 9.59 Å². The van der Waals surface area contributed by atoms with E-state index in [0.717, 1.165) is 12.8 Å². The van der Waals surface area contributed by atoms with Crippen molar-refractivity contribution in [2.24, 2.45) is 5.73 Å². The van der Waals surface area contributed by atoms with E-state index < -0.39 is 25.2 Å². The van der Waals surface area contributed by atoms with Gasteiger partial charge in [-0.1, -0.05) is 26.7 Å². The van der Waals surface area contributed by atoms with Crippen LogP contribution in [0.25, 0.3) is 0 Å². The van der Waals surface area contributed by atoms with E-state index in [1.54, 1.807) is 0 Å². The molecule has 1 amide bonds. The fourth-order valence-corrected chi connectivity index (χ4v) is 1.91. The molecule has 0 spiro atoms. The molecule has 0 aromatic heterocycles. The van der Waals surface area contributed by atoms with Gasteiger partial charge in [-0.2, -0.15) is 0 Å². The van der Waals surface area contributed by atoms with Crippen LogP contribution < -0.4 is 16.4 Å². The molecule has 1 fully saturated rings. The second-order valence-corrected chi connectivity index (χ2v) is 5.38. The maximum Gasteiger partial charge on any atom is 0.451 e. The van der Waals surface area contributed by atoms with Crippen molar-refractivity contribution in [3.63, 3.8) is 0 Å². The summed E-state index contributed by atoms with van der Waals surface area (Å²) in [5.41, 5.74) is 5.54. The highest BCUT2D eigenvalue weighted by Gasteiger charge is 2.30. The fourth-order valence-electron chi connectivity index (χ4n) is 1.91. The Balaban J connectivity index is 0.000000534. The van der Waals surface area contributed by atoms with Crippen LogP contribution in [0.15, 0.2) is 0 Å². The Morgan fingerprint density at radius 3 is 2.41 bits per heavy atom. The number of nitrogens with two attached hydrogens (primary N) is 1. The van der Waals surface area contributed by atoms with Crippen molar-refractivity contribution in [2.75, 3.05) is 6.54 Å². The van der Waals surface area contributed by atoms with E-state index >= 15 is 0 Å². The Kier molecular flexibility index (Phi) is 10.8. The standard InChI is InChI=1S/C9H17N3O3.C4H11BO2/c1-2-6(10)8(13)12-5-3-7(9(14)15)11-4-5;1-2-3-4-5(6)7/h5-7,11H,2-4,10H2,1H3,(H,12,13)(H,14,15);6-7H,2-4H2,1H3. The molecule has 0 aliphatic carbocycles. The summed E-state index contributed by atoms with van der Waals surface area (Å²) in [6.07, 6.45) is 3.43. The first-order chi connectivity index (χ1) is 10.3. The molecule has 128 valence electrons. The Morgan fingerprint density at radius 2 is 2.05 bits per heavy atom. The molecule has 0 bridgehead atoms. The van der Waals surface area contributed by atoms with E-state index in [9.17, 15) is 9.59 Å². The average molecular weight is 317 g/mol. The topological polar surface area (TPSA) is 145 Å². The molecule has 1 aliphatic heterocycles. The lowest BCUT2D eigenvalue weighted by molar-refractivity contribution is -0.139. The lowest BCUT2D eigenvalue weighted by atomic mass is 9.84. The molecule has 1 rings (SSSR count). The molecule has 22 heavy (non-hydrogen) atoms. The number of carbonyl (C=O) groups is 2. The Bertz CT molecular complexity index is 344. The van der Waals surface area contributed by atoms with Crippen LogP contribution in [0.5, 0.6) is 0 Å². The first kappa shape index (κ1) is 20.8. The molecule has 7 N–H and O–H groups in total. The van der Waals surface area contributed by atoms with Gasteiger partial charge in [-0.05, 0) is 19.2 Å². The summed E-state index contributed by atoms with van der Waals surface area (Å²) in [7, 11) is -1.10. The maximum absolute atomic E-state index is 11.4. The van der Waals surface area contributed by atoms with Crippen LogP contribution in [0.2, 0.25) is 6.32 Å². The third-order valence-corrected chi connectivity index (χ3v) is 3.37. The molecular formula is C13H28BN3O5. The number of carboxylic acids is 1. The van der Waals surface area contributed by atoms with Gasteiger partial charge in [-0.3, -0.25) is 9.59 Å². The first-order valence-corrected chi connectivity index (χ1v) is 7.70. The zero-order valence-electron chi connectivity index (χ0n) is 13.3. The molecule has 9 heteroatoms. The van der Waals surface area contributed by atoms with Crippen LogP contribution in [0, 0.1) is 0 Å². The zero-order valence-corrected chi connectivity index (χ0v) is 13.3. The summed E-state index contributed by atoms with van der Waals surface area (Å²) in [4.78, 5) is 22.0. The summed E-state index contributed by atoms with van der Waals surface area (Å²) in [5.74, 6) is -1.10. The smallest absolute Gasteiger partial charge is 0.451 e. The van der Waals surface area contributed by atoms with Gasteiger partial charge in [0, 0.05) is 12.6 Å². The summed E-state index contributed by atoms with van der Waals surface area (Å²) in [5, 5.41) is 30.7. The van der Waals surface area contributed by atoms with Gasteiger partial charge in [0.2, 0.25) is 5.91 Å². The molecule has 1 saturated heterocycles. The molecule has 0 aromatic rings. The number of carboxylic acid groups (broad SMARTS) is 1. The van der Waals surface area contributed by atoms with Gasteiger partial charge in [-0.25, -0.2) is 0 Å². The highest BCUT2D eigenvalue weighted by molar-refractivity contribution is 6.40. The highest BCUT2D eigenvalue weighted by atomic mass is 16.4. The van der Waals surface area contributed by atoms with E-state index in [-0.39, 0.29) is 11.9 Å². The van der Waals surface area contributed by atoms with Crippen LogP contribution >= 0.6 is 0 Å². The number of rotatable bonds is 7. The zero-order chi connectivity index (χ0) is 17.1. The van der Waals surface area contributed by atoms with Crippen LogP contribution in [0.4, 0.5) is 0 Å². The minimum absolute atomic E-state index is 0.129. The SMILES string of the molecule is CCC(N)C(=O)NC1CNC(C(=O)O)C1.CCCCB(O)O. The lowest BCUT2D eigenvalue weighted by Crippen LogP contribution is -2.45. The molecular weight excluding hydrogens is 289 g/mol. The van der Waals surface area contributed by atoms with E-state index in [2.05, 4.69) is 10.6 Å². The van der Waals surface area contributed by atoms with Gasteiger partial charge in [0.15, 0.2) is 0 Å². The van der Waals surface area contributed by atoms with Gasteiger partial charge >= 0.3 is 13.1 Å². The van der Waals surface area contributed by atoms with Gasteiger partial charge in [0.05, 0.1) is 6.04 Å². The predicted molar refractivity (Wildman–Crippen MR) is 84.1 cm³/mol. The number of hydrogen-bond donors (Lipinski definition) is 6. The number of nitrogens with one attached hydrogen (secondary N) is 2. The molecule has 0 saturated carbocycles. The third kappa shape index (κ3) is 8.98. The van der Waals surface area contributed by atoms with Gasteiger partial charge in [-0.15, -0.1) is 0 Å². The minimum atomic E-state index is -1.10. The quantitative estimate of drug-likeness (QED) is 0.327. The van der Waals surface area contributed by atoms with Crippen molar-refractivity contribution in [3.05, 3.63) is 0 Å². The molecule has 0 radical (unpaired) electrons. The summed E-state index contributed by atoms with van der Waals surface area (Å²) >= 11 is 0. The van der Waals surface area contributed by atoms with Gasteiger partial charge < -0.3 is 31.5 Å². The van der Waals surface area contributed by atoms with Crippen molar-refractivity contribution < 1.29 is 24.7 Å². The van der Waals surface area contributed by atoms with Crippen molar-refractivity contribution in [3.8, 4) is 0 Å². The number of hydrogen-bond acceptors (Lipinski definition) is 6. The van der Waals surface area contributed by atoms with E-state index in [0.29, 0.717) is 25.7 Å². The Labute approximate surface area is 131 Å². The van der Waals surface area contributed by atoms with Gasteiger partial charge in [0.25, 0.3) is 0 Å². The molecule has 1 aliphatic rings. The van der Waals surface area contributed by atoms with Crippen LogP contribution in [-0.4, -0.2) is 58.8 Å². The summed E-state index contributed by atoms with van der Waals surface area (Å²) < 4.78 is 0. The van der Waals surface area contributed by atoms with Crippen molar-refractivity contribution in [1.82, 2.24) is 10.6 Å². The van der Waals surface area contributed by atoms with Gasteiger partial charge in [0.1, 0.15) is 6.04 Å². The normalized spacial score (nSPS) is 21.5. The molecule has 0 aromatic carbocycles. The fraction of sp³-hybridized carbons (Fsp3) is 0.846. The van der Waals surface area contributed by atoms with E-state index in [1.165, 1.54) is 0 Å². The average Bonchev–Trinajstić information content (AvgIpc) is 2.93. The Morgan fingerprint density at radius 1 is 1.41 bits per heavy atom. The van der Waals surface area contributed by atoms with Crippen LogP contribution in [0.1, 0.15) is 39.5 Å². The monoisotopic (exact) mass is 317 g/mol.